The van der Waals surface area contributed by atoms with Crippen molar-refractivity contribution in [3.63, 3.8) is 0 Å². The van der Waals surface area contributed by atoms with Gasteiger partial charge in [0.1, 0.15) is 6.04 Å². The van der Waals surface area contributed by atoms with Crippen molar-refractivity contribution in [2.45, 2.75) is 19.4 Å². The fourth-order valence-electron chi connectivity index (χ4n) is 1.29. The van der Waals surface area contributed by atoms with Crippen LogP contribution in [0.25, 0.3) is 0 Å². The van der Waals surface area contributed by atoms with Crippen molar-refractivity contribution < 1.29 is 0 Å². The zero-order valence-electron chi connectivity index (χ0n) is 8.99. The molecule has 0 bridgehead atoms. The summed E-state index contributed by atoms with van der Waals surface area (Å²) in [5, 5.41) is 8.92. The zero-order chi connectivity index (χ0) is 10.6. The van der Waals surface area contributed by atoms with Crippen LogP contribution < -0.4 is 0 Å². The van der Waals surface area contributed by atoms with Crippen LogP contribution in [0.2, 0.25) is 0 Å². The molecule has 14 heavy (non-hydrogen) atoms. The van der Waals surface area contributed by atoms with E-state index in [-0.39, 0.29) is 6.04 Å². The van der Waals surface area contributed by atoms with Gasteiger partial charge in [0, 0.05) is 6.42 Å². The number of nitriles is 1. The Labute approximate surface area is 85.8 Å². The molecule has 0 heterocycles. The Balaban J connectivity index is 2.69. The van der Waals surface area contributed by atoms with Gasteiger partial charge in [-0.2, -0.15) is 5.26 Å². The highest BCUT2D eigenvalue weighted by molar-refractivity contribution is 5.23. The summed E-state index contributed by atoms with van der Waals surface area (Å²) in [5.41, 5.74) is 2.47. The van der Waals surface area contributed by atoms with Gasteiger partial charge in [-0.3, -0.25) is 4.90 Å². The van der Waals surface area contributed by atoms with Crippen molar-refractivity contribution >= 4 is 0 Å². The van der Waals surface area contributed by atoms with E-state index < -0.39 is 0 Å². The molecule has 0 amide bonds. The van der Waals surface area contributed by atoms with Gasteiger partial charge >= 0.3 is 0 Å². The lowest BCUT2D eigenvalue weighted by Gasteiger charge is -2.16. The number of hydrogen-bond acceptors (Lipinski definition) is 2. The average Bonchev–Trinajstić information content (AvgIpc) is 2.16. The summed E-state index contributed by atoms with van der Waals surface area (Å²) in [4.78, 5) is 1.94. The summed E-state index contributed by atoms with van der Waals surface area (Å²) < 4.78 is 0. The second kappa shape index (κ2) is 4.78. The summed E-state index contributed by atoms with van der Waals surface area (Å²) in [6.07, 6.45) is 0.795. The third-order valence-corrected chi connectivity index (χ3v) is 2.32. The van der Waals surface area contributed by atoms with Crippen LogP contribution in [0.3, 0.4) is 0 Å². The number of rotatable bonds is 3. The molecule has 0 N–H and O–H groups in total. The van der Waals surface area contributed by atoms with Crippen molar-refractivity contribution in [2.24, 2.45) is 0 Å². The van der Waals surface area contributed by atoms with Gasteiger partial charge in [0.25, 0.3) is 0 Å². The second-order valence-corrected chi connectivity index (χ2v) is 3.80. The van der Waals surface area contributed by atoms with E-state index in [1.807, 2.05) is 19.0 Å². The molecule has 1 atom stereocenters. The van der Waals surface area contributed by atoms with E-state index in [0.717, 1.165) is 6.42 Å². The molecule has 1 aromatic rings. The van der Waals surface area contributed by atoms with Crippen LogP contribution in [-0.2, 0) is 6.42 Å². The van der Waals surface area contributed by atoms with Crippen LogP contribution in [0, 0.1) is 18.3 Å². The van der Waals surface area contributed by atoms with Gasteiger partial charge in [-0.05, 0) is 26.6 Å². The number of aryl methyl sites for hydroxylation is 1. The highest BCUT2D eigenvalue weighted by Crippen LogP contribution is 2.07. The maximum atomic E-state index is 8.92. The Morgan fingerprint density at radius 3 is 2.29 bits per heavy atom. The summed E-state index contributed by atoms with van der Waals surface area (Å²) in [6, 6.07) is 10.6. The maximum Gasteiger partial charge on any atom is 0.101 e. The molecule has 1 aromatic carbocycles. The van der Waals surface area contributed by atoms with Crippen molar-refractivity contribution in [1.29, 1.82) is 5.26 Å². The molecule has 1 rings (SSSR count). The molecule has 0 aliphatic rings. The molecule has 0 spiro atoms. The van der Waals surface area contributed by atoms with Crippen molar-refractivity contribution in [2.75, 3.05) is 14.1 Å². The smallest absolute Gasteiger partial charge is 0.101 e. The normalized spacial score (nSPS) is 12.5. The Morgan fingerprint density at radius 2 is 1.86 bits per heavy atom. The first kappa shape index (κ1) is 10.7. The standard InChI is InChI=1S/C12H16N2/c1-10-4-6-11(7-5-10)8-12(9-13)14(2)3/h4-7,12H,8H2,1-3H3. The first-order valence-corrected chi connectivity index (χ1v) is 4.75. The molecular weight excluding hydrogens is 172 g/mol. The van der Waals surface area contributed by atoms with Crippen LogP contribution >= 0.6 is 0 Å². The fraction of sp³-hybridized carbons (Fsp3) is 0.417. The van der Waals surface area contributed by atoms with E-state index >= 15 is 0 Å². The van der Waals surface area contributed by atoms with E-state index in [1.54, 1.807) is 0 Å². The molecule has 1 unspecified atom stereocenters. The monoisotopic (exact) mass is 188 g/mol. The van der Waals surface area contributed by atoms with Gasteiger partial charge in [0.2, 0.25) is 0 Å². The predicted molar refractivity (Wildman–Crippen MR) is 58.0 cm³/mol. The number of benzene rings is 1. The third kappa shape index (κ3) is 2.86. The van der Waals surface area contributed by atoms with Gasteiger partial charge in [-0.15, -0.1) is 0 Å². The van der Waals surface area contributed by atoms with Crippen LogP contribution in [0.5, 0.6) is 0 Å². The topological polar surface area (TPSA) is 27.0 Å². The minimum absolute atomic E-state index is 0.0299. The van der Waals surface area contributed by atoms with E-state index in [0.29, 0.717) is 0 Å². The Kier molecular flexibility index (Phi) is 3.67. The van der Waals surface area contributed by atoms with Crippen LogP contribution in [-0.4, -0.2) is 25.0 Å². The summed E-state index contributed by atoms with van der Waals surface area (Å²) >= 11 is 0. The molecule has 74 valence electrons. The fourth-order valence-corrected chi connectivity index (χ4v) is 1.29. The van der Waals surface area contributed by atoms with Crippen molar-refractivity contribution in [1.82, 2.24) is 4.90 Å². The lowest BCUT2D eigenvalue weighted by atomic mass is 10.0. The maximum absolute atomic E-state index is 8.92. The Hall–Kier alpha value is -1.33. The average molecular weight is 188 g/mol. The molecule has 0 aromatic heterocycles. The number of likely N-dealkylation sites (N-methyl/N-ethyl adjacent to an activating group) is 1. The molecule has 0 saturated carbocycles. The van der Waals surface area contributed by atoms with Gasteiger partial charge in [-0.1, -0.05) is 29.8 Å². The minimum atomic E-state index is -0.0299. The van der Waals surface area contributed by atoms with Gasteiger partial charge in [-0.25, -0.2) is 0 Å². The van der Waals surface area contributed by atoms with Crippen LogP contribution in [0.15, 0.2) is 24.3 Å². The van der Waals surface area contributed by atoms with Crippen LogP contribution in [0.1, 0.15) is 11.1 Å². The molecular formula is C12H16N2. The van der Waals surface area contributed by atoms with E-state index in [9.17, 15) is 0 Å². The van der Waals surface area contributed by atoms with Gasteiger partial charge < -0.3 is 0 Å². The first-order chi connectivity index (χ1) is 6.63. The lowest BCUT2D eigenvalue weighted by molar-refractivity contribution is 0.348. The van der Waals surface area contributed by atoms with E-state index in [1.165, 1.54) is 11.1 Å². The molecule has 2 nitrogen and oxygen atoms in total. The van der Waals surface area contributed by atoms with Crippen molar-refractivity contribution in [3.05, 3.63) is 35.4 Å². The zero-order valence-corrected chi connectivity index (χ0v) is 8.99. The number of nitrogens with zero attached hydrogens (tertiary/aromatic N) is 2. The SMILES string of the molecule is Cc1ccc(CC(C#N)N(C)C)cc1. The summed E-state index contributed by atoms with van der Waals surface area (Å²) in [6.45, 7) is 2.07. The van der Waals surface area contributed by atoms with Gasteiger partial charge in [0.05, 0.1) is 6.07 Å². The highest BCUT2D eigenvalue weighted by Gasteiger charge is 2.09. The van der Waals surface area contributed by atoms with E-state index in [4.69, 9.17) is 5.26 Å². The molecule has 0 aliphatic carbocycles. The van der Waals surface area contributed by atoms with Gasteiger partial charge in [0.15, 0.2) is 0 Å². The Morgan fingerprint density at radius 1 is 1.29 bits per heavy atom. The van der Waals surface area contributed by atoms with Crippen molar-refractivity contribution in [3.8, 4) is 6.07 Å². The van der Waals surface area contributed by atoms with E-state index in [2.05, 4.69) is 37.3 Å². The third-order valence-electron chi connectivity index (χ3n) is 2.32. The molecule has 2 heteroatoms. The summed E-state index contributed by atoms with van der Waals surface area (Å²) in [7, 11) is 3.87. The minimum Gasteiger partial charge on any atom is -0.294 e. The molecule has 0 fully saturated rings. The highest BCUT2D eigenvalue weighted by atomic mass is 15.1. The lowest BCUT2D eigenvalue weighted by Crippen LogP contribution is -2.28. The molecule has 0 saturated heterocycles. The number of hydrogen-bond donors (Lipinski definition) is 0. The molecule has 0 radical (unpaired) electrons. The molecule has 0 aliphatic heterocycles. The second-order valence-electron chi connectivity index (χ2n) is 3.80. The predicted octanol–water partition coefficient (Wildman–Crippen LogP) is 1.99. The Bertz CT molecular complexity index is 319. The quantitative estimate of drug-likeness (QED) is 0.725. The van der Waals surface area contributed by atoms with Crippen LogP contribution in [0.4, 0.5) is 0 Å². The summed E-state index contributed by atoms with van der Waals surface area (Å²) in [5.74, 6) is 0. The first-order valence-electron chi connectivity index (χ1n) is 4.75. The largest absolute Gasteiger partial charge is 0.294 e.